The highest BCUT2D eigenvalue weighted by molar-refractivity contribution is 7.99. The van der Waals surface area contributed by atoms with Crippen LogP contribution in [0.15, 0.2) is 5.16 Å². The molecule has 1 amide bonds. The Morgan fingerprint density at radius 1 is 1.45 bits per heavy atom. The van der Waals surface area contributed by atoms with Crippen LogP contribution in [0.2, 0.25) is 0 Å². The molecule has 0 aliphatic heterocycles. The van der Waals surface area contributed by atoms with Gasteiger partial charge in [0.1, 0.15) is 5.82 Å². The third-order valence-corrected chi connectivity index (χ3v) is 3.94. The highest BCUT2D eigenvalue weighted by atomic mass is 32.2. The molecule has 1 N–H and O–H groups in total. The quantitative estimate of drug-likeness (QED) is 0.611. The Morgan fingerprint density at radius 2 is 2.18 bits per heavy atom. The molecule has 0 unspecified atom stereocenters. The summed E-state index contributed by atoms with van der Waals surface area (Å²) in [5, 5.41) is 11.3. The van der Waals surface area contributed by atoms with Crippen LogP contribution in [-0.2, 0) is 11.3 Å². The number of halogens is 3. The number of hydrogen-bond acceptors (Lipinski definition) is 5. The molecule has 0 saturated heterocycles. The third kappa shape index (κ3) is 5.08. The van der Waals surface area contributed by atoms with Gasteiger partial charge >= 0.3 is 12.3 Å². The smallest absolute Gasteiger partial charge is 0.422 e. The number of aromatic nitrogens is 3. The second kappa shape index (κ2) is 7.21. The number of amides is 1. The van der Waals surface area contributed by atoms with Crippen LogP contribution < -0.4 is 5.32 Å². The Bertz CT molecular complexity index is 517. The van der Waals surface area contributed by atoms with Crippen LogP contribution in [0.4, 0.5) is 18.0 Å². The van der Waals surface area contributed by atoms with Gasteiger partial charge in [-0.25, -0.2) is 4.79 Å². The number of alkyl carbamates (subject to hydrolysis) is 1. The van der Waals surface area contributed by atoms with E-state index in [-0.39, 0.29) is 6.54 Å². The van der Waals surface area contributed by atoms with Crippen molar-refractivity contribution in [2.75, 3.05) is 18.9 Å². The monoisotopic (exact) mass is 338 g/mol. The normalized spacial score (nSPS) is 14.9. The van der Waals surface area contributed by atoms with Crippen LogP contribution in [-0.4, -0.2) is 45.9 Å². The van der Waals surface area contributed by atoms with E-state index in [1.54, 1.807) is 0 Å². The molecule has 0 aromatic carbocycles. The molecule has 1 fully saturated rings. The van der Waals surface area contributed by atoms with Crippen LogP contribution in [0.1, 0.15) is 31.5 Å². The van der Waals surface area contributed by atoms with Crippen molar-refractivity contribution < 1.29 is 22.7 Å². The van der Waals surface area contributed by atoms with Crippen LogP contribution >= 0.6 is 11.8 Å². The highest BCUT2D eigenvalue weighted by Crippen LogP contribution is 2.39. The van der Waals surface area contributed by atoms with Crippen molar-refractivity contribution in [2.24, 2.45) is 0 Å². The number of rotatable bonds is 7. The zero-order valence-corrected chi connectivity index (χ0v) is 12.8. The summed E-state index contributed by atoms with van der Waals surface area (Å²) >= 11 is 1.40. The van der Waals surface area contributed by atoms with Crippen molar-refractivity contribution in [1.82, 2.24) is 20.1 Å². The molecular formula is C12H17F3N4O2S. The third-order valence-electron chi connectivity index (χ3n) is 2.97. The molecule has 1 saturated carbocycles. The van der Waals surface area contributed by atoms with Gasteiger partial charge < -0.3 is 14.6 Å². The molecule has 1 heterocycles. The van der Waals surface area contributed by atoms with Gasteiger partial charge in [0.2, 0.25) is 0 Å². The van der Waals surface area contributed by atoms with Gasteiger partial charge in [-0.05, 0) is 19.8 Å². The van der Waals surface area contributed by atoms with Crippen molar-refractivity contribution in [3.63, 3.8) is 0 Å². The van der Waals surface area contributed by atoms with Crippen molar-refractivity contribution in [3.8, 4) is 0 Å². The van der Waals surface area contributed by atoms with E-state index in [1.165, 1.54) is 11.8 Å². The van der Waals surface area contributed by atoms with Crippen LogP contribution in [0.25, 0.3) is 0 Å². The van der Waals surface area contributed by atoms with E-state index >= 15 is 0 Å². The SMILES string of the molecule is CCn1c(SCCNC(=O)OCC(F)(F)F)nnc1C1CC1. The van der Waals surface area contributed by atoms with Gasteiger partial charge in [-0.3, -0.25) is 0 Å². The molecule has 1 aromatic rings. The maximum atomic E-state index is 11.9. The standard InChI is InChI=1S/C12H17F3N4O2S/c1-2-19-9(8-3-4-8)17-18-10(19)22-6-5-16-11(20)21-7-12(13,14)15/h8H,2-7H2,1H3,(H,16,20). The first kappa shape index (κ1) is 16.9. The minimum atomic E-state index is -4.51. The fraction of sp³-hybridized carbons (Fsp3) is 0.750. The van der Waals surface area contributed by atoms with E-state index in [4.69, 9.17) is 0 Å². The summed E-state index contributed by atoms with van der Waals surface area (Å²) in [5.74, 6) is 1.96. The number of carbonyl (C=O) groups is 1. The summed E-state index contributed by atoms with van der Waals surface area (Å²) in [6.45, 7) is 1.38. The zero-order chi connectivity index (χ0) is 16.2. The van der Waals surface area contributed by atoms with Gasteiger partial charge in [0.25, 0.3) is 0 Å². The first-order chi connectivity index (χ1) is 10.4. The lowest BCUT2D eigenvalue weighted by Gasteiger charge is -2.09. The molecule has 2 rings (SSSR count). The average molecular weight is 338 g/mol. The van der Waals surface area contributed by atoms with Crippen molar-refractivity contribution in [2.45, 2.75) is 43.6 Å². The van der Waals surface area contributed by atoms with Crippen molar-refractivity contribution in [3.05, 3.63) is 5.82 Å². The Hall–Kier alpha value is -1.45. The Morgan fingerprint density at radius 3 is 2.77 bits per heavy atom. The predicted molar refractivity (Wildman–Crippen MR) is 73.8 cm³/mol. The lowest BCUT2D eigenvalue weighted by molar-refractivity contribution is -0.160. The maximum Gasteiger partial charge on any atom is 0.422 e. The molecule has 0 radical (unpaired) electrons. The second-order valence-corrected chi connectivity index (χ2v) is 5.89. The number of nitrogens with one attached hydrogen (secondary N) is 1. The van der Waals surface area contributed by atoms with Crippen molar-refractivity contribution >= 4 is 17.9 Å². The van der Waals surface area contributed by atoms with Gasteiger partial charge in [0.15, 0.2) is 11.8 Å². The van der Waals surface area contributed by atoms with Crippen LogP contribution in [0.5, 0.6) is 0 Å². The number of ether oxygens (including phenoxy) is 1. The van der Waals surface area contributed by atoms with E-state index in [0.717, 1.165) is 30.4 Å². The lowest BCUT2D eigenvalue weighted by atomic mass is 10.4. The summed E-state index contributed by atoms with van der Waals surface area (Å²) in [6.07, 6.45) is -3.32. The van der Waals surface area contributed by atoms with Gasteiger partial charge in [-0.1, -0.05) is 11.8 Å². The predicted octanol–water partition coefficient (Wildman–Crippen LogP) is 2.56. The molecule has 1 aliphatic rings. The first-order valence-electron chi connectivity index (χ1n) is 6.94. The van der Waals surface area contributed by atoms with E-state index in [9.17, 15) is 18.0 Å². The molecular weight excluding hydrogens is 321 g/mol. The fourth-order valence-corrected chi connectivity index (χ4v) is 2.71. The minimum absolute atomic E-state index is 0.191. The van der Waals surface area contributed by atoms with Gasteiger partial charge in [0, 0.05) is 24.8 Å². The summed E-state index contributed by atoms with van der Waals surface area (Å²) in [5.41, 5.74) is 0. The number of hydrogen-bond donors (Lipinski definition) is 1. The Balaban J connectivity index is 1.69. The zero-order valence-electron chi connectivity index (χ0n) is 12.0. The lowest BCUT2D eigenvalue weighted by Crippen LogP contribution is -2.30. The first-order valence-corrected chi connectivity index (χ1v) is 7.92. The largest absolute Gasteiger partial charge is 0.440 e. The average Bonchev–Trinajstić information content (AvgIpc) is 3.21. The Labute approximate surface area is 129 Å². The van der Waals surface area contributed by atoms with E-state index in [0.29, 0.717) is 11.7 Å². The van der Waals surface area contributed by atoms with Crippen LogP contribution in [0, 0.1) is 0 Å². The van der Waals surface area contributed by atoms with Crippen molar-refractivity contribution in [1.29, 1.82) is 0 Å². The van der Waals surface area contributed by atoms with Gasteiger partial charge in [-0.15, -0.1) is 10.2 Å². The number of thioether (sulfide) groups is 1. The van der Waals surface area contributed by atoms with Gasteiger partial charge in [-0.2, -0.15) is 13.2 Å². The number of alkyl halides is 3. The Kier molecular flexibility index (Phi) is 5.54. The summed E-state index contributed by atoms with van der Waals surface area (Å²) in [6, 6.07) is 0. The molecule has 6 nitrogen and oxygen atoms in total. The van der Waals surface area contributed by atoms with E-state index in [1.807, 2.05) is 11.5 Å². The molecule has 124 valence electrons. The maximum absolute atomic E-state index is 11.9. The molecule has 10 heteroatoms. The minimum Gasteiger partial charge on any atom is -0.440 e. The highest BCUT2D eigenvalue weighted by Gasteiger charge is 2.30. The molecule has 1 aliphatic carbocycles. The number of nitrogens with zero attached hydrogens (tertiary/aromatic N) is 3. The molecule has 0 spiro atoms. The fourth-order valence-electron chi connectivity index (χ4n) is 1.84. The second-order valence-electron chi connectivity index (χ2n) is 4.83. The number of carbonyl (C=O) groups excluding carboxylic acids is 1. The summed E-state index contributed by atoms with van der Waals surface area (Å²) in [4.78, 5) is 11.1. The van der Waals surface area contributed by atoms with Crippen LogP contribution in [0.3, 0.4) is 0 Å². The molecule has 1 aromatic heterocycles. The van der Waals surface area contributed by atoms with E-state index < -0.39 is 18.9 Å². The molecule has 22 heavy (non-hydrogen) atoms. The topological polar surface area (TPSA) is 69.0 Å². The summed E-state index contributed by atoms with van der Waals surface area (Å²) < 4.78 is 41.6. The summed E-state index contributed by atoms with van der Waals surface area (Å²) in [7, 11) is 0. The molecule has 0 bridgehead atoms. The van der Waals surface area contributed by atoms with Gasteiger partial charge in [0.05, 0.1) is 0 Å². The molecule has 0 atom stereocenters. The van der Waals surface area contributed by atoms with E-state index in [2.05, 4.69) is 20.3 Å².